The maximum Gasteiger partial charge on any atom is 0.271 e. The Bertz CT molecular complexity index is 1140. The Morgan fingerprint density at radius 1 is 1.10 bits per heavy atom. The molecule has 7 heteroatoms. The quantitative estimate of drug-likeness (QED) is 0.658. The second-order valence-electron chi connectivity index (χ2n) is 8.07. The molecule has 3 N–H and O–H groups in total. The number of aromatic nitrogens is 2. The molecule has 154 valence electrons. The molecule has 1 unspecified atom stereocenters. The molecule has 1 saturated carbocycles. The van der Waals surface area contributed by atoms with E-state index in [9.17, 15) is 9.59 Å². The Balaban J connectivity index is 1.76. The number of rotatable bonds is 6. The third kappa shape index (κ3) is 3.83. The number of fused-ring (bicyclic) bond motifs is 1. The van der Waals surface area contributed by atoms with Crippen molar-refractivity contribution in [3.63, 3.8) is 0 Å². The molecule has 1 atom stereocenters. The summed E-state index contributed by atoms with van der Waals surface area (Å²) in [6.45, 7) is 2.11. The van der Waals surface area contributed by atoms with Crippen molar-refractivity contribution in [1.82, 2.24) is 15.1 Å². The summed E-state index contributed by atoms with van der Waals surface area (Å²) in [5.41, 5.74) is 9.44. The van der Waals surface area contributed by atoms with Gasteiger partial charge in [-0.15, -0.1) is 10.2 Å². The Labute approximate surface area is 175 Å². The average molecular weight is 403 g/mol. The fourth-order valence-electron chi connectivity index (χ4n) is 3.64. The van der Waals surface area contributed by atoms with E-state index in [0.29, 0.717) is 22.7 Å². The summed E-state index contributed by atoms with van der Waals surface area (Å²) >= 11 is 0. The zero-order valence-corrected chi connectivity index (χ0v) is 17.3. The first kappa shape index (κ1) is 19.8. The molecule has 0 spiro atoms. The zero-order chi connectivity index (χ0) is 21.4. The van der Waals surface area contributed by atoms with Crippen LogP contribution in [-0.4, -0.2) is 47.0 Å². The van der Waals surface area contributed by atoms with Gasteiger partial charge in [-0.25, -0.2) is 0 Å². The molecular weight excluding hydrogens is 378 g/mol. The minimum atomic E-state index is -0.603. The smallest absolute Gasteiger partial charge is 0.271 e. The molecule has 1 fully saturated rings. The lowest BCUT2D eigenvalue weighted by molar-refractivity contribution is 0.0827. The summed E-state index contributed by atoms with van der Waals surface area (Å²) in [5, 5.41) is 12.6. The third-order valence-corrected chi connectivity index (χ3v) is 5.55. The van der Waals surface area contributed by atoms with E-state index in [1.54, 1.807) is 25.1 Å². The second kappa shape index (κ2) is 7.74. The van der Waals surface area contributed by atoms with Crippen molar-refractivity contribution in [2.75, 3.05) is 19.4 Å². The first-order valence-corrected chi connectivity index (χ1v) is 10.0. The predicted octanol–water partition coefficient (Wildman–Crippen LogP) is 3.31. The zero-order valence-electron chi connectivity index (χ0n) is 17.3. The van der Waals surface area contributed by atoms with Gasteiger partial charge in [0.2, 0.25) is 0 Å². The molecular formula is C23H25N5O2. The van der Waals surface area contributed by atoms with Crippen LogP contribution in [0.25, 0.3) is 22.0 Å². The molecule has 3 aromatic rings. The predicted molar refractivity (Wildman–Crippen MR) is 117 cm³/mol. The molecule has 0 radical (unpaired) electrons. The number of carbonyl (C=O) groups excluding carboxylic acids is 2. The maximum absolute atomic E-state index is 12.3. The van der Waals surface area contributed by atoms with Crippen LogP contribution in [-0.2, 0) is 0 Å². The number of hydrogen-bond donors (Lipinski definition) is 2. The number of hydrogen-bond acceptors (Lipinski definition) is 5. The van der Waals surface area contributed by atoms with Crippen LogP contribution in [0, 0.1) is 5.92 Å². The van der Waals surface area contributed by atoms with E-state index in [1.807, 2.05) is 36.4 Å². The monoisotopic (exact) mass is 403 g/mol. The Morgan fingerprint density at radius 2 is 1.83 bits per heavy atom. The second-order valence-corrected chi connectivity index (χ2v) is 8.07. The van der Waals surface area contributed by atoms with E-state index in [-0.39, 0.29) is 17.6 Å². The number of anilines is 1. The van der Waals surface area contributed by atoms with Crippen LogP contribution in [0.3, 0.4) is 0 Å². The van der Waals surface area contributed by atoms with Crippen molar-refractivity contribution in [3.05, 3.63) is 53.7 Å². The van der Waals surface area contributed by atoms with Crippen molar-refractivity contribution in [3.8, 4) is 11.1 Å². The van der Waals surface area contributed by atoms with E-state index in [4.69, 9.17) is 5.73 Å². The lowest BCUT2D eigenvalue weighted by Gasteiger charge is -2.18. The molecule has 1 aliphatic carbocycles. The first-order chi connectivity index (χ1) is 14.3. The molecule has 0 aliphatic heterocycles. The summed E-state index contributed by atoms with van der Waals surface area (Å²) in [7, 11) is 3.46. The van der Waals surface area contributed by atoms with Crippen LogP contribution in [0.2, 0.25) is 0 Å². The van der Waals surface area contributed by atoms with Gasteiger partial charge in [0.1, 0.15) is 0 Å². The lowest BCUT2D eigenvalue weighted by Crippen LogP contribution is -2.23. The van der Waals surface area contributed by atoms with Crippen molar-refractivity contribution in [2.24, 2.45) is 11.7 Å². The number of benzene rings is 2. The fraction of sp³-hybridized carbons (Fsp3) is 0.304. The summed E-state index contributed by atoms with van der Waals surface area (Å²) in [6, 6.07) is 13.5. The van der Waals surface area contributed by atoms with Gasteiger partial charge < -0.3 is 16.0 Å². The van der Waals surface area contributed by atoms with E-state index in [2.05, 4.69) is 22.4 Å². The van der Waals surface area contributed by atoms with Gasteiger partial charge in [-0.05, 0) is 61.1 Å². The molecule has 30 heavy (non-hydrogen) atoms. The topological polar surface area (TPSA) is 101 Å². The van der Waals surface area contributed by atoms with Gasteiger partial charge in [-0.3, -0.25) is 9.59 Å². The highest BCUT2D eigenvalue weighted by molar-refractivity contribution is 6.05. The first-order valence-electron chi connectivity index (χ1n) is 10.0. The van der Waals surface area contributed by atoms with Crippen molar-refractivity contribution >= 4 is 28.4 Å². The van der Waals surface area contributed by atoms with E-state index < -0.39 is 5.91 Å². The van der Waals surface area contributed by atoms with Crippen molar-refractivity contribution < 1.29 is 9.59 Å². The maximum atomic E-state index is 12.3. The van der Waals surface area contributed by atoms with Gasteiger partial charge in [0, 0.05) is 31.1 Å². The Kier molecular flexibility index (Phi) is 5.11. The number of amides is 2. The van der Waals surface area contributed by atoms with Crippen LogP contribution in [0.4, 0.5) is 5.69 Å². The highest BCUT2D eigenvalue weighted by Gasteiger charge is 2.29. The van der Waals surface area contributed by atoms with Crippen LogP contribution in [0.15, 0.2) is 42.5 Å². The lowest BCUT2D eigenvalue weighted by atomic mass is 10.0. The highest BCUT2D eigenvalue weighted by atomic mass is 16.2. The summed E-state index contributed by atoms with van der Waals surface area (Å²) < 4.78 is 0. The van der Waals surface area contributed by atoms with Gasteiger partial charge in [0.25, 0.3) is 11.8 Å². The van der Waals surface area contributed by atoms with Crippen LogP contribution < -0.4 is 11.1 Å². The SMILES string of the molecule is CC(Nc1c(C(N)=O)nnc2cc(-c3cccc(C(=O)N(C)C)c3)ccc12)C1CC1. The number of carbonyl (C=O) groups is 2. The summed E-state index contributed by atoms with van der Waals surface area (Å²) in [5.74, 6) is -0.0526. The van der Waals surface area contributed by atoms with Crippen LogP contribution >= 0.6 is 0 Å². The van der Waals surface area contributed by atoms with Crippen molar-refractivity contribution in [2.45, 2.75) is 25.8 Å². The van der Waals surface area contributed by atoms with E-state index in [1.165, 1.54) is 12.8 Å². The number of nitrogens with one attached hydrogen (secondary N) is 1. The van der Waals surface area contributed by atoms with Gasteiger partial charge >= 0.3 is 0 Å². The molecule has 1 heterocycles. The molecule has 0 saturated heterocycles. The molecule has 2 aromatic carbocycles. The molecule has 7 nitrogen and oxygen atoms in total. The molecule has 2 amide bonds. The number of nitrogens with zero attached hydrogens (tertiary/aromatic N) is 3. The number of primary amides is 1. The summed E-state index contributed by atoms with van der Waals surface area (Å²) in [6.07, 6.45) is 2.37. The molecule has 4 rings (SSSR count). The van der Waals surface area contributed by atoms with Crippen LogP contribution in [0.5, 0.6) is 0 Å². The Hall–Kier alpha value is -3.48. The number of nitrogens with two attached hydrogens (primary N) is 1. The Morgan fingerprint density at radius 3 is 2.50 bits per heavy atom. The van der Waals surface area contributed by atoms with Gasteiger partial charge in [-0.1, -0.05) is 18.2 Å². The molecule has 1 aromatic heterocycles. The largest absolute Gasteiger partial charge is 0.380 e. The van der Waals surface area contributed by atoms with E-state index >= 15 is 0 Å². The standard InChI is InChI=1S/C23H25N5O2/c1-13(14-7-8-14)25-20-18-10-9-16(12-19(18)26-27-21(20)22(24)29)15-5-4-6-17(11-15)23(30)28(2)3/h4-6,9-14H,7-8H2,1-3H3,(H2,24,29)(H,25,26). The van der Waals surface area contributed by atoms with Crippen molar-refractivity contribution in [1.29, 1.82) is 0 Å². The van der Waals surface area contributed by atoms with Crippen LogP contribution in [0.1, 0.15) is 40.6 Å². The van der Waals surface area contributed by atoms with Gasteiger partial charge in [-0.2, -0.15) is 0 Å². The molecule has 0 bridgehead atoms. The molecule has 1 aliphatic rings. The van der Waals surface area contributed by atoms with Gasteiger partial charge in [0.05, 0.1) is 11.2 Å². The van der Waals surface area contributed by atoms with E-state index in [0.717, 1.165) is 16.5 Å². The average Bonchev–Trinajstić information content (AvgIpc) is 3.58. The normalized spacial score (nSPS) is 14.4. The fourth-order valence-corrected chi connectivity index (χ4v) is 3.64. The summed E-state index contributed by atoms with van der Waals surface area (Å²) in [4.78, 5) is 25.8. The van der Waals surface area contributed by atoms with Gasteiger partial charge in [0.15, 0.2) is 5.69 Å². The minimum absolute atomic E-state index is 0.0518. The minimum Gasteiger partial charge on any atom is -0.380 e. The third-order valence-electron chi connectivity index (χ3n) is 5.55. The highest BCUT2D eigenvalue weighted by Crippen LogP contribution is 2.36.